The summed E-state index contributed by atoms with van der Waals surface area (Å²) in [4.78, 5) is 30.8. The average Bonchev–Trinajstić information content (AvgIpc) is 3.19. The van der Waals surface area contributed by atoms with Crippen LogP contribution < -0.4 is 10.6 Å². The first-order valence-electron chi connectivity index (χ1n) is 12.6. The number of carbonyl (C=O) groups is 2. The van der Waals surface area contributed by atoms with Crippen molar-refractivity contribution < 1.29 is 9.59 Å². The standard InChI is InChI=1S/C27H35N5O2S/c1-3-20-6-4-5-7-23(20)29-26(34)18-32-14-12-31(13-15-32)11-10-25(33)30-27-22(17-28)21-9-8-19(2)16-24(21)35-27/h4-7,19H,3,8-16,18H2,1-2H3,(H,29,34)(H,30,33). The molecule has 0 bridgehead atoms. The molecule has 0 spiro atoms. The third-order valence-electron chi connectivity index (χ3n) is 7.04. The van der Waals surface area contributed by atoms with Gasteiger partial charge in [0.2, 0.25) is 11.8 Å². The highest BCUT2D eigenvalue weighted by atomic mass is 32.1. The number of hydrogen-bond acceptors (Lipinski definition) is 6. The predicted octanol–water partition coefficient (Wildman–Crippen LogP) is 3.89. The number of benzene rings is 1. The molecular formula is C27H35N5O2S. The van der Waals surface area contributed by atoms with Gasteiger partial charge in [0, 0.05) is 49.7 Å². The molecule has 186 valence electrons. The summed E-state index contributed by atoms with van der Waals surface area (Å²) in [5.74, 6) is 0.609. The number of nitrogens with zero attached hydrogens (tertiary/aromatic N) is 3. The molecule has 2 amide bonds. The number of aryl methyl sites for hydroxylation is 1. The summed E-state index contributed by atoms with van der Waals surface area (Å²) in [6.45, 7) is 8.66. The molecule has 2 aromatic rings. The molecule has 2 heterocycles. The van der Waals surface area contributed by atoms with Crippen LogP contribution in [0, 0.1) is 17.2 Å². The highest BCUT2D eigenvalue weighted by Crippen LogP contribution is 2.39. The van der Waals surface area contributed by atoms with Crippen LogP contribution in [0.2, 0.25) is 0 Å². The Hall–Kier alpha value is -2.73. The van der Waals surface area contributed by atoms with Gasteiger partial charge in [-0.2, -0.15) is 5.26 Å². The molecular weight excluding hydrogens is 458 g/mol. The third-order valence-corrected chi connectivity index (χ3v) is 8.21. The Morgan fingerprint density at radius 2 is 1.86 bits per heavy atom. The number of nitriles is 1. The molecule has 2 aliphatic rings. The Bertz CT molecular complexity index is 1100. The largest absolute Gasteiger partial charge is 0.325 e. The zero-order chi connectivity index (χ0) is 24.8. The van der Waals surface area contributed by atoms with Crippen molar-refractivity contribution in [2.75, 3.05) is 49.9 Å². The number of nitrogens with one attached hydrogen (secondary N) is 2. The van der Waals surface area contributed by atoms with E-state index in [1.54, 1.807) is 11.3 Å². The zero-order valence-electron chi connectivity index (χ0n) is 20.7. The van der Waals surface area contributed by atoms with Crippen molar-refractivity contribution in [3.63, 3.8) is 0 Å². The van der Waals surface area contributed by atoms with Crippen LogP contribution in [0.25, 0.3) is 0 Å². The molecule has 1 saturated heterocycles. The predicted molar refractivity (Wildman–Crippen MR) is 141 cm³/mol. The fourth-order valence-corrected chi connectivity index (χ4v) is 6.30. The average molecular weight is 494 g/mol. The minimum atomic E-state index is -0.0375. The van der Waals surface area contributed by atoms with E-state index < -0.39 is 0 Å². The Labute approximate surface area is 212 Å². The van der Waals surface area contributed by atoms with Gasteiger partial charge in [0.25, 0.3) is 0 Å². The van der Waals surface area contributed by atoms with Gasteiger partial charge in [-0.25, -0.2) is 0 Å². The maximum absolute atomic E-state index is 12.6. The minimum absolute atomic E-state index is 0.0139. The number of anilines is 2. The van der Waals surface area contributed by atoms with Gasteiger partial charge in [-0.15, -0.1) is 11.3 Å². The molecule has 1 aromatic heterocycles. The molecule has 1 unspecified atom stereocenters. The molecule has 2 N–H and O–H groups in total. The van der Waals surface area contributed by atoms with E-state index >= 15 is 0 Å². The van der Waals surface area contributed by atoms with Crippen molar-refractivity contribution in [3.05, 3.63) is 45.8 Å². The van der Waals surface area contributed by atoms with Gasteiger partial charge in [0.05, 0.1) is 12.1 Å². The van der Waals surface area contributed by atoms with Crippen molar-refractivity contribution in [2.24, 2.45) is 5.92 Å². The van der Waals surface area contributed by atoms with Crippen molar-refractivity contribution in [1.29, 1.82) is 5.26 Å². The van der Waals surface area contributed by atoms with E-state index in [1.807, 2.05) is 24.3 Å². The summed E-state index contributed by atoms with van der Waals surface area (Å²) in [6, 6.07) is 10.2. The quantitative estimate of drug-likeness (QED) is 0.582. The summed E-state index contributed by atoms with van der Waals surface area (Å²) < 4.78 is 0. The number of carbonyl (C=O) groups excluding carboxylic acids is 2. The molecule has 1 aliphatic carbocycles. The lowest BCUT2D eigenvalue weighted by molar-refractivity contribution is -0.117. The smallest absolute Gasteiger partial charge is 0.238 e. The second kappa shape index (κ2) is 11.8. The van der Waals surface area contributed by atoms with Crippen molar-refractivity contribution in [2.45, 2.75) is 46.0 Å². The number of rotatable bonds is 8. The Kier molecular flexibility index (Phi) is 8.55. The fourth-order valence-electron chi connectivity index (χ4n) is 4.92. The van der Waals surface area contributed by atoms with Crippen molar-refractivity contribution >= 4 is 33.8 Å². The fraction of sp³-hybridized carbons (Fsp3) is 0.519. The van der Waals surface area contributed by atoms with Crippen LogP contribution in [0.4, 0.5) is 10.7 Å². The molecule has 0 radical (unpaired) electrons. The molecule has 1 fully saturated rings. The molecule has 1 atom stereocenters. The highest BCUT2D eigenvalue weighted by Gasteiger charge is 2.25. The third kappa shape index (κ3) is 6.49. The van der Waals surface area contributed by atoms with Gasteiger partial charge in [0.1, 0.15) is 11.1 Å². The molecule has 7 nitrogen and oxygen atoms in total. The van der Waals surface area contributed by atoms with Crippen molar-refractivity contribution in [3.8, 4) is 6.07 Å². The van der Waals surface area contributed by atoms with Crippen LogP contribution in [0.3, 0.4) is 0 Å². The lowest BCUT2D eigenvalue weighted by Gasteiger charge is -2.34. The number of para-hydroxylation sites is 1. The van der Waals surface area contributed by atoms with E-state index in [2.05, 4.69) is 40.4 Å². The van der Waals surface area contributed by atoms with E-state index in [4.69, 9.17) is 0 Å². The topological polar surface area (TPSA) is 88.5 Å². The van der Waals surface area contributed by atoms with E-state index in [-0.39, 0.29) is 11.8 Å². The number of piperazine rings is 1. The van der Waals surface area contributed by atoms with Crippen LogP contribution in [0.15, 0.2) is 24.3 Å². The monoisotopic (exact) mass is 493 g/mol. The van der Waals surface area contributed by atoms with Gasteiger partial charge in [-0.3, -0.25) is 14.5 Å². The second-order valence-electron chi connectivity index (χ2n) is 9.64. The first kappa shape index (κ1) is 25.4. The van der Waals surface area contributed by atoms with Crippen LogP contribution in [-0.4, -0.2) is 60.9 Å². The SMILES string of the molecule is CCc1ccccc1NC(=O)CN1CCN(CCC(=O)Nc2sc3c(c2C#N)CCC(C)C3)CC1. The molecule has 35 heavy (non-hydrogen) atoms. The minimum Gasteiger partial charge on any atom is -0.325 e. The molecule has 4 rings (SSSR count). The summed E-state index contributed by atoms with van der Waals surface area (Å²) >= 11 is 1.58. The van der Waals surface area contributed by atoms with Crippen LogP contribution in [0.5, 0.6) is 0 Å². The van der Waals surface area contributed by atoms with Gasteiger partial charge >= 0.3 is 0 Å². The van der Waals surface area contributed by atoms with Gasteiger partial charge in [-0.05, 0) is 48.8 Å². The van der Waals surface area contributed by atoms with Crippen LogP contribution >= 0.6 is 11.3 Å². The van der Waals surface area contributed by atoms with E-state index in [0.717, 1.165) is 73.7 Å². The lowest BCUT2D eigenvalue weighted by atomic mass is 9.89. The van der Waals surface area contributed by atoms with E-state index in [0.29, 0.717) is 31.0 Å². The first-order chi connectivity index (χ1) is 17.0. The van der Waals surface area contributed by atoms with E-state index in [9.17, 15) is 14.9 Å². The molecule has 1 aromatic carbocycles. The molecule has 8 heteroatoms. The van der Waals surface area contributed by atoms with Crippen LogP contribution in [-0.2, 0) is 28.9 Å². The summed E-state index contributed by atoms with van der Waals surface area (Å²) in [7, 11) is 0. The highest BCUT2D eigenvalue weighted by molar-refractivity contribution is 7.16. The normalized spacial score (nSPS) is 18.5. The van der Waals surface area contributed by atoms with Crippen molar-refractivity contribution in [1.82, 2.24) is 9.80 Å². The number of thiophene rings is 1. The Morgan fingerprint density at radius 3 is 2.60 bits per heavy atom. The maximum Gasteiger partial charge on any atom is 0.238 e. The number of hydrogen-bond donors (Lipinski definition) is 2. The Balaban J connectivity index is 1.20. The lowest BCUT2D eigenvalue weighted by Crippen LogP contribution is -2.49. The number of amides is 2. The summed E-state index contributed by atoms with van der Waals surface area (Å²) in [5, 5.41) is 16.4. The Morgan fingerprint density at radius 1 is 1.11 bits per heavy atom. The summed E-state index contributed by atoms with van der Waals surface area (Å²) in [5.41, 5.74) is 3.84. The zero-order valence-corrected chi connectivity index (χ0v) is 21.5. The maximum atomic E-state index is 12.6. The molecule has 0 saturated carbocycles. The number of fused-ring (bicyclic) bond motifs is 1. The van der Waals surface area contributed by atoms with E-state index in [1.165, 1.54) is 4.88 Å². The van der Waals surface area contributed by atoms with Gasteiger partial charge in [0.15, 0.2) is 0 Å². The second-order valence-corrected chi connectivity index (χ2v) is 10.7. The molecule has 1 aliphatic heterocycles. The summed E-state index contributed by atoms with van der Waals surface area (Å²) in [6.07, 6.45) is 4.31. The van der Waals surface area contributed by atoms with Gasteiger partial charge < -0.3 is 15.5 Å². The van der Waals surface area contributed by atoms with Gasteiger partial charge in [-0.1, -0.05) is 32.0 Å². The van der Waals surface area contributed by atoms with Crippen LogP contribution in [0.1, 0.15) is 48.3 Å². The first-order valence-corrected chi connectivity index (χ1v) is 13.5.